The van der Waals surface area contributed by atoms with E-state index in [2.05, 4.69) is 25.9 Å². The van der Waals surface area contributed by atoms with Gasteiger partial charge in [-0.3, -0.25) is 0 Å². The van der Waals surface area contributed by atoms with Crippen LogP contribution in [0.3, 0.4) is 0 Å². The van der Waals surface area contributed by atoms with Crippen LogP contribution in [0, 0.1) is 13.8 Å². The summed E-state index contributed by atoms with van der Waals surface area (Å²) in [5.41, 5.74) is 3.11. The summed E-state index contributed by atoms with van der Waals surface area (Å²) in [6, 6.07) is 0. The summed E-state index contributed by atoms with van der Waals surface area (Å²) < 4.78 is 2.85. The van der Waals surface area contributed by atoms with Gasteiger partial charge in [0.25, 0.3) is 0 Å². The predicted octanol–water partition coefficient (Wildman–Crippen LogP) is 2.11. The summed E-state index contributed by atoms with van der Waals surface area (Å²) in [5.74, 6) is 0. The molecule has 0 radical (unpaired) electrons. The number of nitrogens with zero attached hydrogens (tertiary/aromatic N) is 3. The van der Waals surface area contributed by atoms with Crippen molar-refractivity contribution in [1.82, 2.24) is 14.4 Å². The molecule has 2 aromatic rings. The van der Waals surface area contributed by atoms with Gasteiger partial charge in [0.15, 0.2) is 5.65 Å². The molecular formula is C8H8BrN3. The maximum absolute atomic E-state index is 4.33. The summed E-state index contributed by atoms with van der Waals surface area (Å²) in [6.07, 6.45) is 3.68. The Labute approximate surface area is 78.6 Å². The van der Waals surface area contributed by atoms with Crippen LogP contribution in [0.25, 0.3) is 5.65 Å². The lowest BCUT2D eigenvalue weighted by molar-refractivity contribution is 1.05. The van der Waals surface area contributed by atoms with Crippen molar-refractivity contribution in [2.45, 2.75) is 13.8 Å². The van der Waals surface area contributed by atoms with E-state index in [1.54, 1.807) is 6.20 Å². The average molecular weight is 226 g/mol. The fraction of sp³-hybridized carbons (Fsp3) is 0.250. The van der Waals surface area contributed by atoms with Gasteiger partial charge in [0.1, 0.15) is 4.60 Å². The van der Waals surface area contributed by atoms with Crippen molar-refractivity contribution >= 4 is 21.6 Å². The van der Waals surface area contributed by atoms with E-state index < -0.39 is 0 Å². The molecule has 0 saturated heterocycles. The Balaban J connectivity index is 2.88. The van der Waals surface area contributed by atoms with Gasteiger partial charge in [0, 0.05) is 11.9 Å². The average Bonchev–Trinajstić information content (AvgIpc) is 2.31. The van der Waals surface area contributed by atoms with Gasteiger partial charge in [0.05, 0.1) is 11.9 Å². The van der Waals surface area contributed by atoms with Crippen LogP contribution in [0.15, 0.2) is 17.0 Å². The molecule has 3 nitrogen and oxygen atoms in total. The minimum atomic E-state index is 0.829. The van der Waals surface area contributed by atoms with Gasteiger partial charge < -0.3 is 4.40 Å². The van der Waals surface area contributed by atoms with Crippen LogP contribution in [0.4, 0.5) is 0 Å². The van der Waals surface area contributed by atoms with Gasteiger partial charge in [-0.1, -0.05) is 0 Å². The molecule has 0 bridgehead atoms. The molecule has 12 heavy (non-hydrogen) atoms. The third-order valence-electron chi connectivity index (χ3n) is 1.95. The molecule has 0 aromatic carbocycles. The highest BCUT2D eigenvalue weighted by molar-refractivity contribution is 9.10. The van der Waals surface area contributed by atoms with E-state index in [0.717, 1.165) is 21.6 Å². The van der Waals surface area contributed by atoms with Crippen molar-refractivity contribution in [1.29, 1.82) is 0 Å². The zero-order chi connectivity index (χ0) is 8.72. The van der Waals surface area contributed by atoms with Crippen molar-refractivity contribution in [3.8, 4) is 0 Å². The largest absolute Gasteiger partial charge is 0.300 e. The third kappa shape index (κ3) is 1.03. The van der Waals surface area contributed by atoms with Crippen LogP contribution in [0.2, 0.25) is 0 Å². The SMILES string of the molecule is Cc1nc2cnc(Br)cn2c1C. The monoisotopic (exact) mass is 225 g/mol. The Bertz CT molecular complexity index is 433. The molecule has 2 heterocycles. The second-order valence-electron chi connectivity index (χ2n) is 2.72. The van der Waals surface area contributed by atoms with Crippen LogP contribution >= 0.6 is 15.9 Å². The van der Waals surface area contributed by atoms with Crippen LogP contribution in [-0.2, 0) is 0 Å². The summed E-state index contributed by atoms with van der Waals surface area (Å²) >= 11 is 3.32. The van der Waals surface area contributed by atoms with E-state index in [1.807, 2.05) is 24.4 Å². The van der Waals surface area contributed by atoms with Crippen LogP contribution in [-0.4, -0.2) is 14.4 Å². The number of rotatable bonds is 0. The summed E-state index contributed by atoms with van der Waals surface area (Å²) in [6.45, 7) is 4.04. The maximum Gasteiger partial charge on any atom is 0.155 e. The van der Waals surface area contributed by atoms with Crippen molar-refractivity contribution in [3.05, 3.63) is 28.4 Å². The Morgan fingerprint density at radius 3 is 2.92 bits per heavy atom. The number of hydrogen-bond acceptors (Lipinski definition) is 2. The highest BCUT2D eigenvalue weighted by Gasteiger charge is 2.03. The van der Waals surface area contributed by atoms with E-state index in [1.165, 1.54) is 0 Å². The van der Waals surface area contributed by atoms with E-state index in [-0.39, 0.29) is 0 Å². The molecule has 0 fully saturated rings. The van der Waals surface area contributed by atoms with Crippen LogP contribution in [0.5, 0.6) is 0 Å². The molecule has 62 valence electrons. The molecule has 0 amide bonds. The fourth-order valence-electron chi connectivity index (χ4n) is 1.17. The zero-order valence-electron chi connectivity index (χ0n) is 6.87. The summed E-state index contributed by atoms with van der Waals surface area (Å²) in [5, 5.41) is 0. The molecule has 0 aliphatic carbocycles. The van der Waals surface area contributed by atoms with E-state index in [0.29, 0.717) is 0 Å². The van der Waals surface area contributed by atoms with Crippen molar-refractivity contribution in [3.63, 3.8) is 0 Å². The molecule has 2 aromatic heterocycles. The molecule has 4 heteroatoms. The number of hydrogen-bond donors (Lipinski definition) is 0. The summed E-state index contributed by atoms with van der Waals surface area (Å²) in [7, 11) is 0. The van der Waals surface area contributed by atoms with Crippen molar-refractivity contribution < 1.29 is 0 Å². The molecule has 0 aliphatic rings. The second-order valence-corrected chi connectivity index (χ2v) is 3.53. The lowest BCUT2D eigenvalue weighted by atomic mass is 10.4. The normalized spacial score (nSPS) is 10.9. The van der Waals surface area contributed by atoms with Gasteiger partial charge in [0.2, 0.25) is 0 Å². The molecule has 2 rings (SSSR count). The number of aryl methyl sites for hydroxylation is 2. The van der Waals surface area contributed by atoms with Gasteiger partial charge in [-0.25, -0.2) is 9.97 Å². The quantitative estimate of drug-likeness (QED) is 0.688. The Hall–Kier alpha value is -0.900. The molecule has 0 spiro atoms. The first-order valence-corrected chi connectivity index (χ1v) is 4.44. The molecule has 0 unspecified atom stereocenters. The minimum Gasteiger partial charge on any atom is -0.300 e. The molecule has 0 aliphatic heterocycles. The van der Waals surface area contributed by atoms with Gasteiger partial charge in [-0.15, -0.1) is 0 Å². The lowest BCUT2D eigenvalue weighted by Crippen LogP contribution is -1.88. The predicted molar refractivity (Wildman–Crippen MR) is 50.2 cm³/mol. The Kier molecular flexibility index (Phi) is 1.65. The highest BCUT2D eigenvalue weighted by Crippen LogP contribution is 2.12. The number of fused-ring (bicyclic) bond motifs is 1. The zero-order valence-corrected chi connectivity index (χ0v) is 8.46. The Morgan fingerprint density at radius 1 is 1.42 bits per heavy atom. The lowest BCUT2D eigenvalue weighted by Gasteiger charge is -1.95. The van der Waals surface area contributed by atoms with Crippen LogP contribution < -0.4 is 0 Å². The first-order chi connectivity index (χ1) is 5.68. The topological polar surface area (TPSA) is 30.2 Å². The smallest absolute Gasteiger partial charge is 0.155 e. The molecule has 0 N–H and O–H groups in total. The van der Waals surface area contributed by atoms with Crippen molar-refractivity contribution in [2.24, 2.45) is 0 Å². The van der Waals surface area contributed by atoms with E-state index in [4.69, 9.17) is 0 Å². The van der Waals surface area contributed by atoms with Gasteiger partial charge >= 0.3 is 0 Å². The van der Waals surface area contributed by atoms with E-state index >= 15 is 0 Å². The minimum absolute atomic E-state index is 0.829. The number of aromatic nitrogens is 3. The second kappa shape index (κ2) is 2.55. The van der Waals surface area contributed by atoms with Gasteiger partial charge in [-0.05, 0) is 29.8 Å². The van der Waals surface area contributed by atoms with Crippen LogP contribution in [0.1, 0.15) is 11.4 Å². The van der Waals surface area contributed by atoms with E-state index in [9.17, 15) is 0 Å². The molecule has 0 atom stereocenters. The van der Waals surface area contributed by atoms with Gasteiger partial charge in [-0.2, -0.15) is 0 Å². The maximum atomic E-state index is 4.33. The summed E-state index contributed by atoms with van der Waals surface area (Å²) in [4.78, 5) is 8.43. The highest BCUT2D eigenvalue weighted by atomic mass is 79.9. The fourth-order valence-corrected chi connectivity index (χ4v) is 1.47. The first-order valence-electron chi connectivity index (χ1n) is 3.65. The van der Waals surface area contributed by atoms with Crippen molar-refractivity contribution in [2.75, 3.05) is 0 Å². The first kappa shape index (κ1) is 7.73. The standard InChI is InChI=1S/C8H8BrN3/c1-5-6(2)12-4-7(9)10-3-8(12)11-5/h3-4H,1-2H3. The number of halogens is 1. The third-order valence-corrected chi connectivity index (χ3v) is 2.36. The molecule has 0 saturated carbocycles. The Morgan fingerprint density at radius 2 is 2.17 bits per heavy atom. The molecular weight excluding hydrogens is 218 g/mol. The number of imidazole rings is 1.